The summed E-state index contributed by atoms with van der Waals surface area (Å²) in [5.74, 6) is 0. The average molecular weight is 419 g/mol. The van der Waals surface area contributed by atoms with Crippen molar-refractivity contribution >= 4 is 45.5 Å². The van der Waals surface area contributed by atoms with E-state index in [4.69, 9.17) is 4.65 Å². The third-order valence-corrected chi connectivity index (χ3v) is 7.41. The molecule has 1 aromatic heterocycles. The van der Waals surface area contributed by atoms with Crippen molar-refractivity contribution in [1.82, 2.24) is 4.98 Å². The molecule has 158 valence electrons. The summed E-state index contributed by atoms with van der Waals surface area (Å²) in [5.41, 5.74) is 6.75. The highest BCUT2D eigenvalue weighted by atomic mass is 16.5. The summed E-state index contributed by atoms with van der Waals surface area (Å²) < 4.78 is 6.34. The fraction of sp³-hybridized carbons (Fsp3) is 0.214. The lowest BCUT2D eigenvalue weighted by Gasteiger charge is -2.37. The molecule has 1 aliphatic rings. The minimum atomic E-state index is -0.952. The van der Waals surface area contributed by atoms with Crippen molar-refractivity contribution in [1.29, 1.82) is 0 Å². The summed E-state index contributed by atoms with van der Waals surface area (Å²) >= 11 is 0. The summed E-state index contributed by atoms with van der Waals surface area (Å²) in [6.45, 7) is 7.49. The van der Waals surface area contributed by atoms with E-state index in [0.717, 1.165) is 16.5 Å². The van der Waals surface area contributed by atoms with Crippen LogP contribution in [0.5, 0.6) is 0 Å². The van der Waals surface area contributed by atoms with Crippen LogP contribution in [-0.4, -0.2) is 28.8 Å². The van der Waals surface area contributed by atoms with Gasteiger partial charge in [-0.25, -0.2) is 0 Å². The van der Waals surface area contributed by atoms with Crippen LogP contribution in [0, 0.1) is 0 Å². The number of benzene rings is 4. The van der Waals surface area contributed by atoms with Crippen LogP contribution in [0.15, 0.2) is 66.7 Å². The summed E-state index contributed by atoms with van der Waals surface area (Å²) in [7, 11) is 0.426. The van der Waals surface area contributed by atoms with E-state index in [2.05, 4.69) is 71.7 Å². The quantitative estimate of drug-likeness (QED) is 0.362. The Labute approximate surface area is 188 Å². The number of nitrogens with one attached hydrogen (secondary N) is 1. The molecule has 0 bridgehead atoms. The summed E-state index contributed by atoms with van der Waals surface area (Å²) in [6.07, 6.45) is 0. The number of hydrogen-bond donors (Lipinski definition) is 2. The van der Waals surface area contributed by atoms with E-state index >= 15 is 0 Å². The second-order valence-electron chi connectivity index (χ2n) is 9.94. The number of aromatic nitrogens is 1. The maximum absolute atomic E-state index is 10.6. The molecular formula is C28H26BNO2. The van der Waals surface area contributed by atoms with Gasteiger partial charge in [-0.05, 0) is 78.3 Å². The van der Waals surface area contributed by atoms with Crippen molar-refractivity contribution in [2.75, 3.05) is 0 Å². The van der Waals surface area contributed by atoms with Crippen LogP contribution in [0.1, 0.15) is 27.7 Å². The predicted molar refractivity (Wildman–Crippen MR) is 136 cm³/mol. The highest BCUT2D eigenvalue weighted by molar-refractivity contribution is 6.52. The molecule has 0 amide bonds. The number of rotatable bonds is 4. The molecule has 0 saturated heterocycles. The molecule has 0 aliphatic heterocycles. The van der Waals surface area contributed by atoms with Gasteiger partial charge in [0.1, 0.15) is 0 Å². The van der Waals surface area contributed by atoms with E-state index < -0.39 is 11.2 Å². The van der Waals surface area contributed by atoms with Crippen LogP contribution in [-0.2, 0) is 4.65 Å². The number of aliphatic hydroxyl groups is 1. The molecule has 5 aromatic rings. The third-order valence-electron chi connectivity index (χ3n) is 7.41. The zero-order chi connectivity index (χ0) is 22.3. The maximum Gasteiger partial charge on any atom is 0.310 e. The van der Waals surface area contributed by atoms with Crippen molar-refractivity contribution in [3.05, 3.63) is 66.7 Å². The van der Waals surface area contributed by atoms with Gasteiger partial charge in [0.2, 0.25) is 0 Å². The molecule has 0 fully saturated rings. The molecule has 2 N–H and O–H groups in total. The molecule has 0 saturated carbocycles. The van der Waals surface area contributed by atoms with Gasteiger partial charge in [-0.1, -0.05) is 54.6 Å². The monoisotopic (exact) mass is 419 g/mol. The normalized spacial score (nSPS) is 13.3. The van der Waals surface area contributed by atoms with E-state index in [1.165, 1.54) is 43.8 Å². The average Bonchev–Trinajstić information content (AvgIpc) is 3.08. The van der Waals surface area contributed by atoms with Crippen LogP contribution in [0.3, 0.4) is 0 Å². The van der Waals surface area contributed by atoms with Gasteiger partial charge in [0.05, 0.1) is 11.2 Å². The van der Waals surface area contributed by atoms with Crippen LogP contribution >= 0.6 is 0 Å². The molecule has 32 heavy (non-hydrogen) atoms. The molecule has 0 radical (unpaired) electrons. The lowest BCUT2D eigenvalue weighted by atomic mass is 9.77. The van der Waals surface area contributed by atoms with Gasteiger partial charge < -0.3 is 14.7 Å². The van der Waals surface area contributed by atoms with Crippen molar-refractivity contribution in [3.63, 3.8) is 0 Å². The molecule has 0 atom stereocenters. The Kier molecular flexibility index (Phi) is 3.96. The third kappa shape index (κ3) is 2.63. The molecule has 4 heteroatoms. The van der Waals surface area contributed by atoms with Crippen molar-refractivity contribution in [2.24, 2.45) is 0 Å². The lowest BCUT2D eigenvalue weighted by molar-refractivity contribution is -0.0893. The molecule has 3 nitrogen and oxygen atoms in total. The van der Waals surface area contributed by atoms with E-state index in [1.54, 1.807) is 13.8 Å². The Hall–Kier alpha value is -3.08. The van der Waals surface area contributed by atoms with Gasteiger partial charge in [0.15, 0.2) is 0 Å². The number of H-pyrrole nitrogens is 1. The fourth-order valence-corrected chi connectivity index (χ4v) is 4.92. The highest BCUT2D eigenvalue weighted by Crippen LogP contribution is 2.47. The minimum absolute atomic E-state index is 0.426. The first-order valence-corrected chi connectivity index (χ1v) is 11.2. The van der Waals surface area contributed by atoms with Crippen molar-refractivity contribution in [3.8, 4) is 22.3 Å². The summed E-state index contributed by atoms with van der Waals surface area (Å²) in [4.78, 5) is 3.65. The van der Waals surface area contributed by atoms with E-state index in [1.807, 2.05) is 13.8 Å². The number of aromatic amines is 1. The predicted octanol–water partition coefficient (Wildman–Crippen LogP) is 5.66. The second kappa shape index (κ2) is 6.47. The Bertz CT molecular complexity index is 1540. The van der Waals surface area contributed by atoms with Crippen LogP contribution in [0.25, 0.3) is 54.8 Å². The molecule has 0 unspecified atom stereocenters. The second-order valence-corrected chi connectivity index (χ2v) is 9.94. The van der Waals surface area contributed by atoms with Crippen LogP contribution in [0.4, 0.5) is 0 Å². The van der Waals surface area contributed by atoms with Crippen molar-refractivity contribution < 1.29 is 9.76 Å². The van der Waals surface area contributed by atoms with Crippen LogP contribution in [0.2, 0.25) is 0 Å². The smallest absolute Gasteiger partial charge is 0.310 e. The fourth-order valence-electron chi connectivity index (χ4n) is 4.92. The maximum atomic E-state index is 10.6. The highest BCUT2D eigenvalue weighted by Gasteiger charge is 2.36. The SMILES string of the molecule is CC(C)(O)C(C)(C)OBc1ccc2[nH]c3ccc4cccc5c4c3c2c1-c1ccccc1-5. The zero-order valence-electron chi connectivity index (χ0n) is 18.9. The van der Waals surface area contributed by atoms with Gasteiger partial charge in [0.25, 0.3) is 0 Å². The Morgan fingerprint density at radius 1 is 0.719 bits per heavy atom. The van der Waals surface area contributed by atoms with Gasteiger partial charge in [-0.3, -0.25) is 0 Å². The summed E-state index contributed by atoms with van der Waals surface area (Å²) in [6, 6.07) is 24.0. The van der Waals surface area contributed by atoms with Gasteiger partial charge in [-0.15, -0.1) is 0 Å². The molecule has 4 aromatic carbocycles. The van der Waals surface area contributed by atoms with Gasteiger partial charge in [-0.2, -0.15) is 0 Å². The Morgan fingerprint density at radius 2 is 1.41 bits per heavy atom. The van der Waals surface area contributed by atoms with E-state index in [-0.39, 0.29) is 0 Å². The standard InChI is InChI=1S/C28H26BNO2/c1-27(2,31)28(3,4)32-29-20-13-15-22-26-24(20)19-10-6-5-9-17(19)18-11-7-8-16-12-14-21(30-22)25(26)23(16)18/h5-15,29-31H,1-4H3. The zero-order valence-corrected chi connectivity index (χ0v) is 18.9. The lowest BCUT2D eigenvalue weighted by Crippen LogP contribution is -2.49. The first-order chi connectivity index (χ1) is 15.3. The first kappa shape index (κ1) is 19.6. The molecule has 1 heterocycles. The van der Waals surface area contributed by atoms with Gasteiger partial charge in [0, 0.05) is 21.8 Å². The Balaban J connectivity index is 1.70. The van der Waals surface area contributed by atoms with Crippen molar-refractivity contribution in [2.45, 2.75) is 38.9 Å². The number of fused-ring (bicyclic) bond motifs is 3. The first-order valence-electron chi connectivity index (χ1n) is 11.2. The molecule has 0 spiro atoms. The number of hydrogen-bond acceptors (Lipinski definition) is 2. The topological polar surface area (TPSA) is 45.2 Å². The van der Waals surface area contributed by atoms with Crippen LogP contribution < -0.4 is 5.46 Å². The molecule has 1 aliphatic carbocycles. The summed E-state index contributed by atoms with van der Waals surface area (Å²) in [5, 5.41) is 15.7. The van der Waals surface area contributed by atoms with Gasteiger partial charge >= 0.3 is 7.48 Å². The largest absolute Gasteiger partial charge is 0.427 e. The molecule has 6 rings (SSSR count). The minimum Gasteiger partial charge on any atom is -0.427 e. The van der Waals surface area contributed by atoms with E-state index in [9.17, 15) is 5.11 Å². The Morgan fingerprint density at radius 3 is 2.19 bits per heavy atom. The molecular weight excluding hydrogens is 393 g/mol. The van der Waals surface area contributed by atoms with E-state index in [0.29, 0.717) is 7.48 Å².